The lowest BCUT2D eigenvalue weighted by molar-refractivity contribution is -0.125. The number of para-hydroxylation sites is 1. The second kappa shape index (κ2) is 6.89. The minimum Gasteiger partial charge on any atom is -0.459 e. The molecule has 1 amide bonds. The molecule has 0 aliphatic heterocycles. The molecule has 3 atom stereocenters. The normalized spacial score (nSPS) is 15.0. The second-order valence-electron chi connectivity index (χ2n) is 6.19. The number of nitrogens with one attached hydrogen (secondary N) is 1. The monoisotopic (exact) mass is 322 g/mol. The molecule has 0 radical (unpaired) electrons. The molecule has 3 rings (SSSR count). The van der Waals surface area contributed by atoms with Gasteiger partial charge in [-0.3, -0.25) is 4.79 Å². The summed E-state index contributed by atoms with van der Waals surface area (Å²) in [6, 6.07) is 19.1. The van der Waals surface area contributed by atoms with Gasteiger partial charge >= 0.3 is 0 Å². The maximum absolute atomic E-state index is 12.5. The molecular weight excluding hydrogens is 300 g/mol. The van der Waals surface area contributed by atoms with E-state index in [4.69, 9.17) is 10.2 Å². The van der Waals surface area contributed by atoms with Crippen LogP contribution in [0.1, 0.15) is 31.2 Å². The Balaban J connectivity index is 1.97. The van der Waals surface area contributed by atoms with E-state index in [-0.39, 0.29) is 23.9 Å². The lowest BCUT2D eigenvalue weighted by Crippen LogP contribution is -2.40. The number of benzene rings is 2. The highest BCUT2D eigenvalue weighted by Crippen LogP contribution is 2.28. The van der Waals surface area contributed by atoms with Gasteiger partial charge in [0.15, 0.2) is 0 Å². The van der Waals surface area contributed by atoms with Crippen LogP contribution < -0.4 is 11.1 Å². The molecule has 0 saturated carbocycles. The van der Waals surface area contributed by atoms with Crippen molar-refractivity contribution in [1.29, 1.82) is 0 Å². The second-order valence-corrected chi connectivity index (χ2v) is 6.19. The number of amides is 1. The van der Waals surface area contributed by atoms with Crippen molar-refractivity contribution in [2.45, 2.75) is 25.9 Å². The van der Waals surface area contributed by atoms with E-state index in [2.05, 4.69) is 5.32 Å². The van der Waals surface area contributed by atoms with Gasteiger partial charge in [-0.1, -0.05) is 55.5 Å². The standard InChI is InChI=1S/C20H22N2O2/c1-13(14(2)21)20(23)22-19(15-8-4-3-5-9-15)18-12-16-10-6-7-11-17(16)24-18/h3-14,19H,21H2,1-2H3,(H,22,23). The van der Waals surface area contributed by atoms with Gasteiger partial charge in [0.05, 0.1) is 0 Å². The summed E-state index contributed by atoms with van der Waals surface area (Å²) in [4.78, 5) is 12.5. The average molecular weight is 322 g/mol. The SMILES string of the molecule is CC(N)C(C)C(=O)NC(c1ccccc1)c1cc2ccccc2o1. The highest BCUT2D eigenvalue weighted by atomic mass is 16.3. The number of carbonyl (C=O) groups is 1. The summed E-state index contributed by atoms with van der Waals surface area (Å²) in [6.45, 7) is 3.67. The van der Waals surface area contributed by atoms with Gasteiger partial charge in [-0.25, -0.2) is 0 Å². The Kier molecular flexibility index (Phi) is 4.67. The topological polar surface area (TPSA) is 68.3 Å². The van der Waals surface area contributed by atoms with Crippen molar-refractivity contribution < 1.29 is 9.21 Å². The molecule has 1 aromatic heterocycles. The molecule has 0 aliphatic carbocycles. The van der Waals surface area contributed by atoms with Gasteiger partial charge in [-0.05, 0) is 24.6 Å². The Hall–Kier alpha value is -2.59. The van der Waals surface area contributed by atoms with E-state index in [0.717, 1.165) is 16.5 Å². The van der Waals surface area contributed by atoms with Crippen LogP contribution in [0.5, 0.6) is 0 Å². The lowest BCUT2D eigenvalue weighted by atomic mass is 10.00. The van der Waals surface area contributed by atoms with Crippen LogP contribution in [0.15, 0.2) is 65.1 Å². The fraction of sp³-hybridized carbons (Fsp3) is 0.250. The fourth-order valence-corrected chi connectivity index (χ4v) is 2.62. The zero-order valence-corrected chi connectivity index (χ0v) is 13.9. The van der Waals surface area contributed by atoms with Crippen molar-refractivity contribution in [3.63, 3.8) is 0 Å². The van der Waals surface area contributed by atoms with Crippen molar-refractivity contribution in [1.82, 2.24) is 5.32 Å². The third kappa shape index (κ3) is 3.34. The van der Waals surface area contributed by atoms with Crippen LogP contribution >= 0.6 is 0 Å². The summed E-state index contributed by atoms with van der Waals surface area (Å²) in [5.74, 6) is 0.354. The highest BCUT2D eigenvalue weighted by Gasteiger charge is 2.24. The van der Waals surface area contributed by atoms with Crippen molar-refractivity contribution >= 4 is 16.9 Å². The number of rotatable bonds is 5. The summed E-state index contributed by atoms with van der Waals surface area (Å²) in [6.07, 6.45) is 0. The average Bonchev–Trinajstić information content (AvgIpc) is 3.03. The molecule has 3 N–H and O–H groups in total. The molecule has 2 aromatic carbocycles. The van der Waals surface area contributed by atoms with Crippen molar-refractivity contribution in [2.24, 2.45) is 11.7 Å². The van der Waals surface area contributed by atoms with Gasteiger partial charge in [0.25, 0.3) is 0 Å². The molecule has 124 valence electrons. The predicted molar refractivity (Wildman–Crippen MR) is 95.5 cm³/mol. The molecule has 0 aliphatic rings. The quantitative estimate of drug-likeness (QED) is 0.754. The summed E-state index contributed by atoms with van der Waals surface area (Å²) < 4.78 is 5.98. The number of hydrogen-bond acceptors (Lipinski definition) is 3. The van der Waals surface area contributed by atoms with Crippen LogP contribution in [0.2, 0.25) is 0 Å². The summed E-state index contributed by atoms with van der Waals surface area (Å²) in [5, 5.41) is 4.10. The third-order valence-corrected chi connectivity index (χ3v) is 4.35. The smallest absolute Gasteiger partial charge is 0.225 e. The third-order valence-electron chi connectivity index (χ3n) is 4.35. The number of fused-ring (bicyclic) bond motifs is 1. The van der Waals surface area contributed by atoms with E-state index in [1.165, 1.54) is 0 Å². The largest absolute Gasteiger partial charge is 0.459 e. The van der Waals surface area contributed by atoms with Crippen molar-refractivity contribution in [2.75, 3.05) is 0 Å². The molecule has 4 nitrogen and oxygen atoms in total. The van der Waals surface area contributed by atoms with Gasteiger partial charge in [0.2, 0.25) is 5.91 Å². The van der Waals surface area contributed by atoms with E-state index in [1.54, 1.807) is 0 Å². The molecule has 3 unspecified atom stereocenters. The molecule has 24 heavy (non-hydrogen) atoms. The Labute approximate surface area is 141 Å². The molecule has 0 bridgehead atoms. The molecule has 3 aromatic rings. The van der Waals surface area contributed by atoms with Crippen LogP contribution in [-0.4, -0.2) is 11.9 Å². The Morgan fingerprint density at radius 3 is 2.38 bits per heavy atom. The summed E-state index contributed by atoms with van der Waals surface area (Å²) in [7, 11) is 0. The predicted octanol–water partition coefficient (Wildman–Crippen LogP) is 3.62. The molecule has 1 heterocycles. The van der Waals surface area contributed by atoms with Crippen LogP contribution in [-0.2, 0) is 4.79 Å². The van der Waals surface area contributed by atoms with Crippen molar-refractivity contribution in [3.05, 3.63) is 72.0 Å². The van der Waals surface area contributed by atoms with Crippen LogP contribution in [0.3, 0.4) is 0 Å². The first-order valence-corrected chi connectivity index (χ1v) is 8.15. The molecule has 0 fully saturated rings. The first-order valence-electron chi connectivity index (χ1n) is 8.15. The zero-order valence-electron chi connectivity index (χ0n) is 13.9. The zero-order chi connectivity index (χ0) is 17.1. The number of nitrogens with two attached hydrogens (primary N) is 1. The Morgan fingerprint density at radius 2 is 1.71 bits per heavy atom. The Bertz CT molecular complexity index is 791. The van der Waals surface area contributed by atoms with E-state index in [0.29, 0.717) is 5.76 Å². The van der Waals surface area contributed by atoms with E-state index < -0.39 is 0 Å². The first-order chi connectivity index (χ1) is 11.6. The van der Waals surface area contributed by atoms with Crippen LogP contribution in [0, 0.1) is 5.92 Å². The van der Waals surface area contributed by atoms with E-state index in [9.17, 15) is 4.79 Å². The van der Waals surface area contributed by atoms with Gasteiger partial charge in [0.1, 0.15) is 17.4 Å². The number of carbonyl (C=O) groups excluding carboxylic acids is 1. The van der Waals surface area contributed by atoms with Crippen LogP contribution in [0.4, 0.5) is 0 Å². The van der Waals surface area contributed by atoms with Crippen molar-refractivity contribution in [3.8, 4) is 0 Å². The van der Waals surface area contributed by atoms with E-state index >= 15 is 0 Å². The fourth-order valence-electron chi connectivity index (χ4n) is 2.62. The molecule has 0 spiro atoms. The summed E-state index contributed by atoms with van der Waals surface area (Å²) >= 11 is 0. The van der Waals surface area contributed by atoms with Crippen LogP contribution in [0.25, 0.3) is 11.0 Å². The molecular formula is C20H22N2O2. The maximum Gasteiger partial charge on any atom is 0.225 e. The number of hydrogen-bond donors (Lipinski definition) is 2. The minimum absolute atomic E-state index is 0.0840. The molecule has 4 heteroatoms. The van der Waals surface area contributed by atoms with Gasteiger partial charge in [0, 0.05) is 17.3 Å². The number of furan rings is 1. The molecule has 0 saturated heterocycles. The van der Waals surface area contributed by atoms with Gasteiger partial charge in [-0.2, -0.15) is 0 Å². The highest BCUT2D eigenvalue weighted by molar-refractivity contribution is 5.81. The van der Waals surface area contributed by atoms with Gasteiger partial charge in [-0.15, -0.1) is 0 Å². The lowest BCUT2D eigenvalue weighted by Gasteiger charge is -2.21. The summed E-state index contributed by atoms with van der Waals surface area (Å²) in [5.41, 5.74) is 7.65. The van der Waals surface area contributed by atoms with Gasteiger partial charge < -0.3 is 15.5 Å². The van der Waals surface area contributed by atoms with E-state index in [1.807, 2.05) is 74.5 Å². The maximum atomic E-state index is 12.5. The first kappa shape index (κ1) is 16.3. The minimum atomic E-state index is -0.340. The Morgan fingerprint density at radius 1 is 1.04 bits per heavy atom.